The van der Waals surface area contributed by atoms with Gasteiger partial charge in [-0.3, -0.25) is 0 Å². The number of nitrogens with zero attached hydrogens (tertiary/aromatic N) is 2. The van der Waals surface area contributed by atoms with Crippen LogP contribution in [0.15, 0.2) is 267 Å². The third kappa shape index (κ3) is 6.79. The second kappa shape index (κ2) is 16.3. The van der Waals surface area contributed by atoms with Crippen molar-refractivity contribution in [1.29, 1.82) is 0 Å². The van der Waals surface area contributed by atoms with Gasteiger partial charge in [-0.2, -0.15) is 0 Å². The van der Waals surface area contributed by atoms with Crippen LogP contribution >= 0.6 is 0 Å². The predicted molar refractivity (Wildman–Crippen MR) is 264 cm³/mol. The van der Waals surface area contributed by atoms with Crippen LogP contribution in [0.3, 0.4) is 0 Å². The number of hydrogen-bond acceptors (Lipinski definition) is 2. The van der Waals surface area contributed by atoms with Crippen LogP contribution in [0, 0.1) is 0 Å². The molecule has 1 aliphatic rings. The Kier molecular flexibility index (Phi) is 9.80. The highest BCUT2D eigenvalue weighted by Gasteiger charge is 2.47. The molecule has 0 radical (unpaired) electrons. The quantitative estimate of drug-likeness (QED) is 0.136. The Bertz CT molecular complexity index is 2820. The van der Waals surface area contributed by atoms with Gasteiger partial charge in [0.1, 0.15) is 0 Å². The van der Waals surface area contributed by atoms with E-state index in [0.717, 1.165) is 34.1 Å². The van der Waals surface area contributed by atoms with E-state index in [-0.39, 0.29) is 0 Å². The molecule has 0 amide bonds. The number of fused-ring (bicyclic) bond motifs is 3. The zero-order valence-corrected chi connectivity index (χ0v) is 34.8. The van der Waals surface area contributed by atoms with Gasteiger partial charge in [0, 0.05) is 34.1 Å². The van der Waals surface area contributed by atoms with E-state index in [0.29, 0.717) is 0 Å². The molecular weight excluding hydrogens is 761 g/mol. The first-order valence-corrected chi connectivity index (χ1v) is 21.7. The lowest BCUT2D eigenvalue weighted by atomic mass is 9.67. The molecular formula is C61H44N2. The van der Waals surface area contributed by atoms with E-state index in [4.69, 9.17) is 0 Å². The van der Waals surface area contributed by atoms with Crippen molar-refractivity contribution >= 4 is 34.1 Å². The molecule has 0 N–H and O–H groups in total. The van der Waals surface area contributed by atoms with Crippen molar-refractivity contribution in [3.63, 3.8) is 0 Å². The standard InChI is InChI=1S/C61H44N2/c1-7-19-45(20-8-1)47-31-35-49(36-32-47)61(50-37-33-48(34-38-50)46-21-9-2-10-22-46)59-43-55(62(51-23-11-3-12-24-51)52-25-13-4-14-26-52)39-41-57(59)58-42-40-56(44-60(58)61)63(53-27-15-5-16-28-53)54-29-17-6-18-30-54/h1-44H. The zero-order chi connectivity index (χ0) is 42.0. The van der Waals surface area contributed by atoms with Gasteiger partial charge < -0.3 is 9.80 Å². The van der Waals surface area contributed by atoms with Crippen LogP contribution in [0.4, 0.5) is 34.1 Å². The molecule has 0 atom stereocenters. The molecule has 11 rings (SSSR count). The van der Waals surface area contributed by atoms with Gasteiger partial charge in [0.05, 0.1) is 5.41 Å². The fourth-order valence-electron chi connectivity index (χ4n) is 9.66. The number of para-hydroxylation sites is 4. The number of anilines is 6. The first-order valence-electron chi connectivity index (χ1n) is 21.7. The molecule has 10 aromatic carbocycles. The number of rotatable bonds is 10. The summed E-state index contributed by atoms with van der Waals surface area (Å²) in [5.74, 6) is 0. The molecule has 298 valence electrons. The van der Waals surface area contributed by atoms with Crippen LogP contribution in [-0.2, 0) is 5.41 Å². The molecule has 0 saturated heterocycles. The molecule has 0 fully saturated rings. The van der Waals surface area contributed by atoms with E-state index in [1.165, 1.54) is 55.6 Å². The lowest BCUT2D eigenvalue weighted by Gasteiger charge is -2.36. The monoisotopic (exact) mass is 804 g/mol. The van der Waals surface area contributed by atoms with Crippen molar-refractivity contribution < 1.29 is 0 Å². The SMILES string of the molecule is c1ccc(-c2ccc(C3(c4ccc(-c5ccccc5)cc4)c4cc(N(c5ccccc5)c5ccccc5)ccc4-c4ccc(N(c5ccccc5)c5ccccc5)cc43)cc2)cc1. The Labute approximate surface area is 370 Å². The minimum absolute atomic E-state index is 0.695. The molecule has 0 aromatic heterocycles. The molecule has 0 heterocycles. The van der Waals surface area contributed by atoms with Crippen LogP contribution in [0.5, 0.6) is 0 Å². The molecule has 2 heteroatoms. The summed E-state index contributed by atoms with van der Waals surface area (Å²) in [4.78, 5) is 4.76. The van der Waals surface area contributed by atoms with Crippen LogP contribution in [0.25, 0.3) is 33.4 Å². The van der Waals surface area contributed by atoms with Gasteiger partial charge in [-0.1, -0.05) is 194 Å². The Morgan fingerprint density at radius 2 is 0.492 bits per heavy atom. The Balaban J connectivity index is 1.20. The van der Waals surface area contributed by atoms with Gasteiger partial charge in [0.2, 0.25) is 0 Å². The highest BCUT2D eigenvalue weighted by Crippen LogP contribution is 2.59. The average molecular weight is 805 g/mol. The van der Waals surface area contributed by atoms with E-state index in [1.54, 1.807) is 0 Å². The molecule has 10 aromatic rings. The van der Waals surface area contributed by atoms with Crippen LogP contribution in [0.1, 0.15) is 22.3 Å². The molecule has 0 saturated carbocycles. The number of benzene rings is 10. The van der Waals surface area contributed by atoms with Gasteiger partial charge in [0.15, 0.2) is 0 Å². The highest BCUT2D eigenvalue weighted by molar-refractivity contribution is 5.92. The maximum Gasteiger partial charge on any atom is 0.0715 e. The minimum Gasteiger partial charge on any atom is -0.310 e. The van der Waals surface area contributed by atoms with Gasteiger partial charge in [-0.05, 0) is 128 Å². The van der Waals surface area contributed by atoms with Crippen molar-refractivity contribution in [1.82, 2.24) is 0 Å². The van der Waals surface area contributed by atoms with E-state index >= 15 is 0 Å². The lowest BCUT2D eigenvalue weighted by molar-refractivity contribution is 0.768. The van der Waals surface area contributed by atoms with Crippen LogP contribution in [-0.4, -0.2) is 0 Å². The second-order valence-electron chi connectivity index (χ2n) is 16.1. The summed E-state index contributed by atoms with van der Waals surface area (Å²) in [6, 6.07) is 97.1. The van der Waals surface area contributed by atoms with E-state index in [1.807, 2.05) is 0 Å². The summed E-state index contributed by atoms with van der Waals surface area (Å²) >= 11 is 0. The van der Waals surface area contributed by atoms with E-state index in [2.05, 4.69) is 277 Å². The van der Waals surface area contributed by atoms with Crippen molar-refractivity contribution in [2.75, 3.05) is 9.80 Å². The molecule has 0 unspecified atom stereocenters. The van der Waals surface area contributed by atoms with Crippen LogP contribution in [0.2, 0.25) is 0 Å². The van der Waals surface area contributed by atoms with Gasteiger partial charge in [0.25, 0.3) is 0 Å². The molecule has 63 heavy (non-hydrogen) atoms. The second-order valence-corrected chi connectivity index (χ2v) is 16.1. The summed E-state index contributed by atoms with van der Waals surface area (Å²) in [5, 5.41) is 0. The van der Waals surface area contributed by atoms with Gasteiger partial charge >= 0.3 is 0 Å². The Hall–Kier alpha value is -8.20. The third-order valence-electron chi connectivity index (χ3n) is 12.5. The lowest BCUT2D eigenvalue weighted by Crippen LogP contribution is -2.29. The molecule has 2 nitrogen and oxygen atoms in total. The summed E-state index contributed by atoms with van der Waals surface area (Å²) in [6.07, 6.45) is 0. The molecule has 1 aliphatic carbocycles. The molecule has 0 aliphatic heterocycles. The first-order chi connectivity index (χ1) is 31.3. The third-order valence-corrected chi connectivity index (χ3v) is 12.5. The highest BCUT2D eigenvalue weighted by atomic mass is 15.1. The topological polar surface area (TPSA) is 6.48 Å². The van der Waals surface area contributed by atoms with Gasteiger partial charge in [-0.25, -0.2) is 0 Å². The number of hydrogen-bond donors (Lipinski definition) is 0. The smallest absolute Gasteiger partial charge is 0.0715 e. The summed E-state index contributed by atoms with van der Waals surface area (Å²) < 4.78 is 0. The maximum atomic E-state index is 2.46. The van der Waals surface area contributed by atoms with E-state index in [9.17, 15) is 0 Å². The van der Waals surface area contributed by atoms with Crippen molar-refractivity contribution in [3.05, 3.63) is 289 Å². The fraction of sp³-hybridized carbons (Fsp3) is 0.0164. The Morgan fingerprint density at radius 1 is 0.222 bits per heavy atom. The van der Waals surface area contributed by atoms with Crippen molar-refractivity contribution in [2.24, 2.45) is 0 Å². The minimum atomic E-state index is -0.695. The predicted octanol–water partition coefficient (Wildman–Crippen LogP) is 16.3. The molecule has 0 spiro atoms. The first kappa shape index (κ1) is 37.8. The van der Waals surface area contributed by atoms with Crippen molar-refractivity contribution in [3.8, 4) is 33.4 Å². The fourth-order valence-corrected chi connectivity index (χ4v) is 9.66. The normalized spacial score (nSPS) is 12.3. The summed E-state index contributed by atoms with van der Waals surface area (Å²) in [5.41, 5.74) is 18.1. The van der Waals surface area contributed by atoms with Gasteiger partial charge in [-0.15, -0.1) is 0 Å². The Morgan fingerprint density at radius 3 is 0.794 bits per heavy atom. The largest absolute Gasteiger partial charge is 0.310 e. The van der Waals surface area contributed by atoms with E-state index < -0.39 is 5.41 Å². The summed E-state index contributed by atoms with van der Waals surface area (Å²) in [7, 11) is 0. The zero-order valence-electron chi connectivity index (χ0n) is 34.8. The van der Waals surface area contributed by atoms with Crippen LogP contribution < -0.4 is 9.80 Å². The maximum absolute atomic E-state index is 2.46. The average Bonchev–Trinajstić information content (AvgIpc) is 3.66. The summed E-state index contributed by atoms with van der Waals surface area (Å²) in [6.45, 7) is 0. The molecule has 0 bridgehead atoms. The van der Waals surface area contributed by atoms with Crippen molar-refractivity contribution in [2.45, 2.75) is 5.41 Å².